The number of carbonyl (C=O) groups excluding carboxylic acids is 1. The number of aliphatic carboxylic acids is 1. The molecule has 0 bridgehead atoms. The van der Waals surface area contributed by atoms with Gasteiger partial charge < -0.3 is 15.2 Å². The van der Waals surface area contributed by atoms with Crippen molar-refractivity contribution in [3.8, 4) is 0 Å². The molecule has 1 aromatic heterocycles. The van der Waals surface area contributed by atoms with E-state index in [9.17, 15) is 9.59 Å². The summed E-state index contributed by atoms with van der Waals surface area (Å²) in [6, 6.07) is 8.51. The molecule has 2 N–H and O–H groups in total. The molecule has 0 aliphatic carbocycles. The number of hydrogen-bond donors (Lipinski definition) is 2. The Kier molecular flexibility index (Phi) is 6.12. The number of nitrogens with zero attached hydrogens (tertiary/aromatic N) is 1. The molecule has 1 aromatic carbocycles. The first-order chi connectivity index (χ1) is 11.0. The van der Waals surface area contributed by atoms with Crippen molar-refractivity contribution in [1.29, 1.82) is 0 Å². The van der Waals surface area contributed by atoms with Crippen molar-refractivity contribution < 1.29 is 19.4 Å². The molecule has 0 aliphatic heterocycles. The van der Waals surface area contributed by atoms with Crippen LogP contribution in [0.25, 0.3) is 0 Å². The molecule has 0 unspecified atom stereocenters. The van der Waals surface area contributed by atoms with Crippen molar-refractivity contribution >= 4 is 39.3 Å². The van der Waals surface area contributed by atoms with Crippen LogP contribution in [0.5, 0.6) is 0 Å². The Morgan fingerprint density at radius 1 is 1.39 bits per heavy atom. The van der Waals surface area contributed by atoms with E-state index in [1.165, 1.54) is 11.3 Å². The number of nitrogens with one attached hydrogen (secondary N) is 1. The molecule has 1 amide bonds. The van der Waals surface area contributed by atoms with Crippen molar-refractivity contribution in [2.45, 2.75) is 26.0 Å². The van der Waals surface area contributed by atoms with Gasteiger partial charge in [-0.05, 0) is 28.4 Å². The normalized spacial score (nSPS) is 11.7. The lowest BCUT2D eigenvalue weighted by atomic mass is 10.2. The van der Waals surface area contributed by atoms with Gasteiger partial charge in [-0.1, -0.05) is 30.3 Å². The Balaban J connectivity index is 1.99. The number of carboxylic acids is 1. The van der Waals surface area contributed by atoms with Crippen molar-refractivity contribution in [3.05, 3.63) is 50.4 Å². The number of halogens is 1. The van der Waals surface area contributed by atoms with E-state index in [4.69, 9.17) is 9.84 Å². The van der Waals surface area contributed by atoms with Gasteiger partial charge in [-0.3, -0.25) is 4.79 Å². The van der Waals surface area contributed by atoms with Gasteiger partial charge in [0.15, 0.2) is 0 Å². The lowest BCUT2D eigenvalue weighted by Crippen LogP contribution is -2.30. The zero-order chi connectivity index (χ0) is 16.8. The highest BCUT2D eigenvalue weighted by molar-refractivity contribution is 9.11. The molecule has 2 aromatic rings. The number of aryl methyl sites for hydroxylation is 1. The average Bonchev–Trinajstić information content (AvgIpc) is 2.85. The molecule has 1 atom stereocenters. The predicted molar refractivity (Wildman–Crippen MR) is 89.3 cm³/mol. The second-order valence-electron chi connectivity index (χ2n) is 4.77. The van der Waals surface area contributed by atoms with Crippen LogP contribution in [0.1, 0.15) is 28.7 Å². The maximum Gasteiger partial charge on any atom is 0.408 e. The van der Waals surface area contributed by atoms with Crippen LogP contribution >= 0.6 is 27.3 Å². The molecule has 0 aliphatic rings. The molecule has 0 spiro atoms. The summed E-state index contributed by atoms with van der Waals surface area (Å²) >= 11 is 4.64. The Morgan fingerprint density at radius 3 is 2.65 bits per heavy atom. The number of carbonyl (C=O) groups is 2. The molecule has 0 saturated heterocycles. The molecule has 0 radical (unpaired) electrons. The topological polar surface area (TPSA) is 88.5 Å². The van der Waals surface area contributed by atoms with Crippen LogP contribution in [-0.2, 0) is 16.1 Å². The van der Waals surface area contributed by atoms with E-state index in [1.807, 2.05) is 30.3 Å². The van der Waals surface area contributed by atoms with E-state index in [1.54, 1.807) is 6.92 Å². The second-order valence-corrected chi connectivity index (χ2v) is 7.12. The van der Waals surface area contributed by atoms with Gasteiger partial charge in [0.2, 0.25) is 0 Å². The Bertz CT molecular complexity index is 671. The summed E-state index contributed by atoms with van der Waals surface area (Å²) in [6.07, 6.45) is -0.941. The fourth-order valence-electron chi connectivity index (χ4n) is 1.83. The average molecular weight is 399 g/mol. The molecular weight excluding hydrogens is 384 g/mol. The molecule has 23 heavy (non-hydrogen) atoms. The van der Waals surface area contributed by atoms with Gasteiger partial charge >= 0.3 is 12.1 Å². The number of carboxylic acid groups (broad SMARTS) is 1. The molecule has 2 rings (SSSR count). The summed E-state index contributed by atoms with van der Waals surface area (Å²) in [5.41, 5.74) is 1.60. The largest absolute Gasteiger partial charge is 0.481 e. The van der Waals surface area contributed by atoms with Gasteiger partial charge in [0, 0.05) is 0 Å². The third-order valence-corrected chi connectivity index (χ3v) is 5.06. The van der Waals surface area contributed by atoms with Crippen molar-refractivity contribution in [1.82, 2.24) is 10.3 Å². The summed E-state index contributed by atoms with van der Waals surface area (Å²) in [5, 5.41) is 12.1. The van der Waals surface area contributed by atoms with E-state index in [0.29, 0.717) is 5.01 Å². The van der Waals surface area contributed by atoms with E-state index >= 15 is 0 Å². The SMILES string of the molecule is Cc1nc([C@@H](CC(=O)O)NC(=O)OCc2ccccc2)sc1Br. The second kappa shape index (κ2) is 8.07. The van der Waals surface area contributed by atoms with E-state index < -0.39 is 18.1 Å². The van der Waals surface area contributed by atoms with Crippen LogP contribution in [0.4, 0.5) is 4.79 Å². The van der Waals surface area contributed by atoms with Crippen LogP contribution in [0.15, 0.2) is 34.1 Å². The lowest BCUT2D eigenvalue weighted by Gasteiger charge is -2.14. The highest BCUT2D eigenvalue weighted by Gasteiger charge is 2.23. The zero-order valence-electron chi connectivity index (χ0n) is 12.3. The number of alkyl carbamates (subject to hydrolysis) is 1. The lowest BCUT2D eigenvalue weighted by molar-refractivity contribution is -0.137. The number of benzene rings is 1. The molecular formula is C15H15BrN2O4S. The van der Waals surface area contributed by atoms with E-state index in [0.717, 1.165) is 15.0 Å². The maximum atomic E-state index is 11.9. The Hall–Kier alpha value is -1.93. The summed E-state index contributed by atoms with van der Waals surface area (Å²) in [5.74, 6) is -1.03. The summed E-state index contributed by atoms with van der Waals surface area (Å²) in [6.45, 7) is 1.92. The van der Waals surface area contributed by atoms with Crippen LogP contribution in [0.2, 0.25) is 0 Å². The van der Waals surface area contributed by atoms with Gasteiger partial charge in [-0.2, -0.15) is 0 Å². The minimum absolute atomic E-state index is 0.118. The number of amides is 1. The molecule has 0 saturated carbocycles. The van der Waals surface area contributed by atoms with E-state index in [-0.39, 0.29) is 13.0 Å². The zero-order valence-corrected chi connectivity index (χ0v) is 14.7. The van der Waals surface area contributed by atoms with Crippen molar-refractivity contribution in [3.63, 3.8) is 0 Å². The van der Waals surface area contributed by atoms with Crippen LogP contribution in [-0.4, -0.2) is 22.2 Å². The molecule has 1 heterocycles. The quantitative estimate of drug-likeness (QED) is 0.774. The summed E-state index contributed by atoms with van der Waals surface area (Å²) < 4.78 is 5.93. The van der Waals surface area contributed by atoms with Crippen LogP contribution < -0.4 is 5.32 Å². The minimum Gasteiger partial charge on any atom is -0.481 e. The fourth-order valence-corrected chi connectivity index (χ4v) is 3.26. The van der Waals surface area contributed by atoms with Crippen LogP contribution in [0, 0.1) is 6.92 Å². The Labute approximate surface area is 145 Å². The number of hydrogen-bond acceptors (Lipinski definition) is 5. The minimum atomic E-state index is -1.03. The van der Waals surface area contributed by atoms with Gasteiger partial charge in [-0.15, -0.1) is 11.3 Å². The van der Waals surface area contributed by atoms with Crippen molar-refractivity contribution in [2.24, 2.45) is 0 Å². The first-order valence-electron chi connectivity index (χ1n) is 6.77. The number of rotatable bonds is 6. The Morgan fingerprint density at radius 2 is 2.09 bits per heavy atom. The first kappa shape index (κ1) is 17.4. The summed E-state index contributed by atoms with van der Waals surface area (Å²) in [4.78, 5) is 27.2. The third kappa shape index (κ3) is 5.33. The third-order valence-electron chi connectivity index (χ3n) is 2.94. The maximum absolute atomic E-state index is 11.9. The van der Waals surface area contributed by atoms with Gasteiger partial charge in [-0.25, -0.2) is 9.78 Å². The van der Waals surface area contributed by atoms with Gasteiger partial charge in [0.25, 0.3) is 0 Å². The fraction of sp³-hybridized carbons (Fsp3) is 0.267. The highest BCUT2D eigenvalue weighted by Crippen LogP contribution is 2.29. The van der Waals surface area contributed by atoms with Gasteiger partial charge in [0.1, 0.15) is 11.6 Å². The van der Waals surface area contributed by atoms with Gasteiger partial charge in [0.05, 0.1) is 21.9 Å². The monoisotopic (exact) mass is 398 g/mol. The first-order valence-corrected chi connectivity index (χ1v) is 8.38. The number of aromatic nitrogens is 1. The summed E-state index contributed by atoms with van der Waals surface area (Å²) in [7, 11) is 0. The molecule has 6 nitrogen and oxygen atoms in total. The highest BCUT2D eigenvalue weighted by atomic mass is 79.9. The number of ether oxygens (including phenoxy) is 1. The predicted octanol–water partition coefficient (Wildman–Crippen LogP) is 3.66. The molecule has 8 heteroatoms. The van der Waals surface area contributed by atoms with Crippen molar-refractivity contribution in [2.75, 3.05) is 0 Å². The standard InChI is InChI=1S/C15H15BrN2O4S/c1-9-13(16)23-14(17-9)11(7-12(19)20)18-15(21)22-8-10-5-3-2-4-6-10/h2-6,11H,7-8H2,1H3,(H,18,21)(H,19,20)/t11-/m1/s1. The van der Waals surface area contributed by atoms with Crippen LogP contribution in [0.3, 0.4) is 0 Å². The molecule has 122 valence electrons. The number of thiazole rings is 1. The smallest absolute Gasteiger partial charge is 0.408 e. The van der Waals surface area contributed by atoms with E-state index in [2.05, 4.69) is 26.2 Å². The molecule has 0 fully saturated rings.